The van der Waals surface area contributed by atoms with Crippen LogP contribution in [-0.2, 0) is 0 Å². The minimum absolute atomic E-state index is 0.196. The number of hydrogen-bond donors (Lipinski definition) is 1. The van der Waals surface area contributed by atoms with Crippen molar-refractivity contribution in [3.63, 3.8) is 0 Å². The summed E-state index contributed by atoms with van der Waals surface area (Å²) in [6, 6.07) is 12.8. The lowest BCUT2D eigenvalue weighted by Gasteiger charge is -2.32. The summed E-state index contributed by atoms with van der Waals surface area (Å²) in [6.07, 6.45) is 3.45. The molecule has 4 nitrogen and oxygen atoms in total. The smallest absolute Gasteiger partial charge is 0.255 e. The van der Waals surface area contributed by atoms with Crippen molar-refractivity contribution in [2.75, 3.05) is 26.7 Å². The maximum absolute atomic E-state index is 13.2. The molecule has 1 aromatic heterocycles. The van der Waals surface area contributed by atoms with E-state index in [1.807, 2.05) is 13.1 Å². The quantitative estimate of drug-likeness (QED) is 0.832. The van der Waals surface area contributed by atoms with Gasteiger partial charge in [0.2, 0.25) is 0 Å². The molecule has 1 aromatic carbocycles. The molecule has 1 amide bonds. The maximum Gasteiger partial charge on any atom is 0.255 e. The number of piperidine rings is 1. The molecule has 0 aliphatic carbocycles. The van der Waals surface area contributed by atoms with E-state index in [-0.39, 0.29) is 11.9 Å². The zero-order chi connectivity index (χ0) is 19.4. The number of hydrogen-bond acceptors (Lipinski definition) is 2. The van der Waals surface area contributed by atoms with E-state index < -0.39 is 0 Å². The SMILES string of the molecule is CNCCC1CCN(C(=O)c2cc(C)n(C(C)c3ccccc3)c2C)CC1. The lowest BCUT2D eigenvalue weighted by atomic mass is 9.93. The molecule has 2 heterocycles. The van der Waals surface area contributed by atoms with E-state index in [0.717, 1.165) is 55.3 Å². The molecule has 1 fully saturated rings. The van der Waals surface area contributed by atoms with Crippen LogP contribution in [0.5, 0.6) is 0 Å². The molecule has 0 radical (unpaired) electrons. The molecular weight excluding hydrogens is 334 g/mol. The van der Waals surface area contributed by atoms with Crippen molar-refractivity contribution in [2.45, 2.75) is 46.1 Å². The van der Waals surface area contributed by atoms with Crippen molar-refractivity contribution in [3.05, 3.63) is 58.9 Å². The molecule has 27 heavy (non-hydrogen) atoms. The van der Waals surface area contributed by atoms with Gasteiger partial charge in [-0.1, -0.05) is 30.3 Å². The van der Waals surface area contributed by atoms with Gasteiger partial charge in [-0.25, -0.2) is 0 Å². The molecule has 1 aliphatic heterocycles. The first-order valence-electron chi connectivity index (χ1n) is 10.2. The van der Waals surface area contributed by atoms with E-state index in [2.05, 4.69) is 65.9 Å². The van der Waals surface area contributed by atoms with Gasteiger partial charge in [0.15, 0.2) is 0 Å². The number of rotatable bonds is 6. The van der Waals surface area contributed by atoms with Crippen LogP contribution in [0.4, 0.5) is 0 Å². The van der Waals surface area contributed by atoms with Gasteiger partial charge in [-0.15, -0.1) is 0 Å². The fourth-order valence-electron chi connectivity index (χ4n) is 4.41. The Bertz CT molecular complexity index is 757. The molecule has 1 N–H and O–H groups in total. The van der Waals surface area contributed by atoms with Gasteiger partial charge in [-0.05, 0) is 71.2 Å². The first-order chi connectivity index (χ1) is 13.0. The molecule has 2 aromatic rings. The third-order valence-electron chi connectivity index (χ3n) is 6.09. The van der Waals surface area contributed by atoms with Crippen molar-refractivity contribution in [1.82, 2.24) is 14.8 Å². The number of carbonyl (C=O) groups is 1. The first kappa shape index (κ1) is 19.7. The number of nitrogens with one attached hydrogen (secondary N) is 1. The van der Waals surface area contributed by atoms with Crippen LogP contribution in [0, 0.1) is 19.8 Å². The maximum atomic E-state index is 13.2. The Morgan fingerprint density at radius 3 is 2.48 bits per heavy atom. The summed E-state index contributed by atoms with van der Waals surface area (Å²) in [6.45, 7) is 9.22. The Morgan fingerprint density at radius 2 is 1.85 bits per heavy atom. The standard InChI is InChI=1S/C23H33N3O/c1-17-16-22(19(3)26(17)18(2)21-8-6-5-7-9-21)23(27)25-14-11-20(12-15-25)10-13-24-4/h5-9,16,18,20,24H,10-15H2,1-4H3. The Morgan fingerprint density at radius 1 is 1.19 bits per heavy atom. The molecule has 1 atom stereocenters. The number of benzene rings is 1. The van der Waals surface area contributed by atoms with Gasteiger partial charge in [0.1, 0.15) is 0 Å². The van der Waals surface area contributed by atoms with E-state index in [1.165, 1.54) is 12.0 Å². The Labute approximate surface area is 163 Å². The van der Waals surface area contributed by atoms with Gasteiger partial charge in [-0.2, -0.15) is 0 Å². The zero-order valence-electron chi connectivity index (χ0n) is 17.2. The van der Waals surface area contributed by atoms with E-state index in [1.54, 1.807) is 0 Å². The van der Waals surface area contributed by atoms with Gasteiger partial charge < -0.3 is 14.8 Å². The average Bonchev–Trinajstić information content (AvgIpc) is 3.00. The first-order valence-corrected chi connectivity index (χ1v) is 10.2. The normalized spacial score (nSPS) is 16.5. The molecule has 146 valence electrons. The van der Waals surface area contributed by atoms with Gasteiger partial charge in [0, 0.05) is 24.5 Å². The lowest BCUT2D eigenvalue weighted by molar-refractivity contribution is 0.0686. The highest BCUT2D eigenvalue weighted by Gasteiger charge is 2.27. The summed E-state index contributed by atoms with van der Waals surface area (Å²) in [5.41, 5.74) is 4.36. The number of nitrogens with zero attached hydrogens (tertiary/aromatic N) is 2. The van der Waals surface area contributed by atoms with Gasteiger partial charge >= 0.3 is 0 Å². The molecule has 1 saturated heterocycles. The van der Waals surface area contributed by atoms with E-state index in [9.17, 15) is 4.79 Å². The second-order valence-electron chi connectivity index (χ2n) is 7.87. The number of carbonyl (C=O) groups excluding carboxylic acids is 1. The van der Waals surface area contributed by atoms with Crippen molar-refractivity contribution in [3.8, 4) is 0 Å². The number of likely N-dealkylation sites (tertiary alicyclic amines) is 1. The molecule has 0 saturated carbocycles. The largest absolute Gasteiger partial charge is 0.341 e. The predicted octanol–water partition coefficient (Wildman–Crippen LogP) is 4.18. The van der Waals surface area contributed by atoms with Crippen molar-refractivity contribution < 1.29 is 4.79 Å². The molecule has 0 bridgehead atoms. The molecule has 1 aliphatic rings. The van der Waals surface area contributed by atoms with Crippen LogP contribution in [-0.4, -0.2) is 42.1 Å². The highest BCUT2D eigenvalue weighted by Crippen LogP contribution is 2.28. The summed E-state index contributed by atoms with van der Waals surface area (Å²) in [4.78, 5) is 15.2. The summed E-state index contributed by atoms with van der Waals surface area (Å²) >= 11 is 0. The van der Waals surface area contributed by atoms with E-state index in [0.29, 0.717) is 0 Å². The van der Waals surface area contributed by atoms with Gasteiger partial charge in [-0.3, -0.25) is 4.79 Å². The van der Waals surface area contributed by atoms with E-state index >= 15 is 0 Å². The second-order valence-corrected chi connectivity index (χ2v) is 7.87. The molecular formula is C23H33N3O. The Balaban J connectivity index is 1.74. The fourth-order valence-corrected chi connectivity index (χ4v) is 4.41. The lowest BCUT2D eigenvalue weighted by Crippen LogP contribution is -2.39. The third kappa shape index (κ3) is 4.27. The zero-order valence-corrected chi connectivity index (χ0v) is 17.2. The van der Waals surface area contributed by atoms with Crippen LogP contribution in [0.3, 0.4) is 0 Å². The Kier molecular flexibility index (Phi) is 6.38. The van der Waals surface area contributed by atoms with Gasteiger partial charge in [0.05, 0.1) is 11.6 Å². The molecule has 1 unspecified atom stereocenters. The fraction of sp³-hybridized carbons (Fsp3) is 0.522. The van der Waals surface area contributed by atoms with Crippen molar-refractivity contribution in [2.24, 2.45) is 5.92 Å². The summed E-state index contributed by atoms with van der Waals surface area (Å²) in [5, 5.41) is 3.23. The van der Waals surface area contributed by atoms with Crippen LogP contribution in [0.15, 0.2) is 36.4 Å². The summed E-state index contributed by atoms with van der Waals surface area (Å²) < 4.78 is 2.29. The van der Waals surface area contributed by atoms with Crippen LogP contribution in [0.2, 0.25) is 0 Å². The molecule has 3 rings (SSSR count). The highest BCUT2D eigenvalue weighted by atomic mass is 16.2. The predicted molar refractivity (Wildman–Crippen MR) is 111 cm³/mol. The summed E-state index contributed by atoms with van der Waals surface area (Å²) in [5.74, 6) is 0.939. The number of aromatic nitrogens is 1. The van der Waals surface area contributed by atoms with Crippen LogP contribution < -0.4 is 5.32 Å². The average molecular weight is 368 g/mol. The van der Waals surface area contributed by atoms with E-state index in [4.69, 9.17) is 0 Å². The molecule has 0 spiro atoms. The third-order valence-corrected chi connectivity index (χ3v) is 6.09. The van der Waals surface area contributed by atoms with Crippen LogP contribution in [0.25, 0.3) is 0 Å². The Hall–Kier alpha value is -2.07. The van der Waals surface area contributed by atoms with Crippen molar-refractivity contribution >= 4 is 5.91 Å². The van der Waals surface area contributed by atoms with Crippen LogP contribution >= 0.6 is 0 Å². The van der Waals surface area contributed by atoms with Gasteiger partial charge in [0.25, 0.3) is 5.91 Å². The van der Waals surface area contributed by atoms with Crippen molar-refractivity contribution in [1.29, 1.82) is 0 Å². The molecule has 4 heteroatoms. The number of amides is 1. The number of aryl methyl sites for hydroxylation is 1. The highest BCUT2D eigenvalue weighted by molar-refractivity contribution is 5.95. The minimum atomic E-state index is 0.196. The monoisotopic (exact) mass is 367 g/mol. The minimum Gasteiger partial charge on any atom is -0.341 e. The second kappa shape index (κ2) is 8.75. The topological polar surface area (TPSA) is 37.3 Å². The summed E-state index contributed by atoms with van der Waals surface area (Å²) in [7, 11) is 2.00. The van der Waals surface area contributed by atoms with Crippen LogP contribution in [0.1, 0.15) is 59.5 Å².